The summed E-state index contributed by atoms with van der Waals surface area (Å²) in [5.41, 5.74) is 1.70. The molecule has 1 atom stereocenters. The van der Waals surface area contributed by atoms with Gasteiger partial charge in [0, 0.05) is 35.9 Å². The van der Waals surface area contributed by atoms with Gasteiger partial charge in [0.15, 0.2) is 0 Å². The Labute approximate surface area is 128 Å². The Morgan fingerprint density at radius 1 is 1.38 bits per heavy atom. The van der Waals surface area contributed by atoms with Crippen LogP contribution >= 0.6 is 11.6 Å². The molecule has 1 aromatic carbocycles. The van der Waals surface area contributed by atoms with Gasteiger partial charge in [-0.2, -0.15) is 13.2 Å². The molecule has 6 heteroatoms. The van der Waals surface area contributed by atoms with E-state index in [1.807, 2.05) is 17.9 Å². The van der Waals surface area contributed by atoms with E-state index in [0.29, 0.717) is 24.5 Å². The number of piperidine rings is 1. The van der Waals surface area contributed by atoms with E-state index in [4.69, 9.17) is 11.6 Å². The summed E-state index contributed by atoms with van der Waals surface area (Å²) in [5, 5.41) is 3.79. The van der Waals surface area contributed by atoms with Gasteiger partial charge >= 0.3 is 6.18 Å². The van der Waals surface area contributed by atoms with E-state index in [9.17, 15) is 13.2 Å². The Kier molecular flexibility index (Phi) is 5.38. The number of nitrogens with zero attached hydrogens (tertiary/aromatic N) is 1. The summed E-state index contributed by atoms with van der Waals surface area (Å²) in [4.78, 5) is 1.82. The summed E-state index contributed by atoms with van der Waals surface area (Å²) < 4.78 is 38.8. The van der Waals surface area contributed by atoms with E-state index < -0.39 is 12.1 Å². The van der Waals surface area contributed by atoms with E-state index in [1.54, 1.807) is 12.1 Å². The molecule has 1 heterocycles. The zero-order valence-corrected chi connectivity index (χ0v) is 12.8. The minimum Gasteiger partial charge on any atom is -0.371 e. The number of nitrogens with one attached hydrogen (secondary N) is 1. The van der Waals surface area contributed by atoms with E-state index in [-0.39, 0.29) is 13.0 Å². The van der Waals surface area contributed by atoms with Gasteiger partial charge in [-0.1, -0.05) is 24.6 Å². The van der Waals surface area contributed by atoms with Crippen molar-refractivity contribution in [2.24, 2.45) is 5.92 Å². The van der Waals surface area contributed by atoms with Crippen molar-refractivity contribution in [3.05, 3.63) is 28.8 Å². The third kappa shape index (κ3) is 4.04. The Hall–Kier alpha value is -0.940. The van der Waals surface area contributed by atoms with Crippen LogP contribution in [0.25, 0.3) is 0 Å². The van der Waals surface area contributed by atoms with Crippen LogP contribution in [0.4, 0.5) is 18.9 Å². The summed E-state index contributed by atoms with van der Waals surface area (Å²) in [6.45, 7) is 4.00. The lowest BCUT2D eigenvalue weighted by Gasteiger charge is -2.36. The minimum atomic E-state index is -4.13. The van der Waals surface area contributed by atoms with Crippen molar-refractivity contribution in [3.8, 4) is 0 Å². The molecule has 1 aliphatic heterocycles. The van der Waals surface area contributed by atoms with Crippen LogP contribution in [-0.4, -0.2) is 25.8 Å². The lowest BCUT2D eigenvalue weighted by atomic mass is 9.96. The van der Waals surface area contributed by atoms with Gasteiger partial charge in [-0.3, -0.25) is 0 Å². The number of halogens is 4. The minimum absolute atomic E-state index is 0.0168. The fraction of sp³-hybridized carbons (Fsp3) is 0.600. The van der Waals surface area contributed by atoms with Gasteiger partial charge in [0.05, 0.1) is 5.92 Å². The van der Waals surface area contributed by atoms with Gasteiger partial charge in [0.25, 0.3) is 0 Å². The monoisotopic (exact) mass is 320 g/mol. The molecule has 1 N–H and O–H groups in total. The molecule has 0 saturated carbocycles. The molecule has 0 spiro atoms. The second-order valence-electron chi connectivity index (χ2n) is 5.34. The smallest absolute Gasteiger partial charge is 0.371 e. The summed E-state index contributed by atoms with van der Waals surface area (Å²) in [6, 6.07) is 5.44. The predicted molar refractivity (Wildman–Crippen MR) is 79.8 cm³/mol. The van der Waals surface area contributed by atoms with E-state index >= 15 is 0 Å². The SMILES string of the molecule is CCNCc1c(Cl)cccc1N1CCCC(C(F)(F)F)C1. The summed E-state index contributed by atoms with van der Waals surface area (Å²) >= 11 is 6.22. The fourth-order valence-corrected chi connectivity index (χ4v) is 2.97. The summed E-state index contributed by atoms with van der Waals surface area (Å²) in [5.74, 6) is -1.25. The van der Waals surface area contributed by atoms with Crippen LogP contribution in [0, 0.1) is 5.92 Å². The van der Waals surface area contributed by atoms with Crippen LogP contribution in [0.15, 0.2) is 18.2 Å². The maximum Gasteiger partial charge on any atom is 0.393 e. The first-order valence-electron chi connectivity index (χ1n) is 7.23. The first kappa shape index (κ1) is 16.4. The number of benzene rings is 1. The summed E-state index contributed by atoms with van der Waals surface area (Å²) in [6.07, 6.45) is -3.36. The van der Waals surface area contributed by atoms with E-state index in [2.05, 4.69) is 5.32 Å². The molecule has 0 amide bonds. The van der Waals surface area contributed by atoms with Crippen LogP contribution < -0.4 is 10.2 Å². The summed E-state index contributed by atoms with van der Waals surface area (Å²) in [7, 11) is 0. The number of rotatable bonds is 4. The molecule has 0 bridgehead atoms. The Morgan fingerprint density at radius 3 is 2.81 bits per heavy atom. The first-order valence-corrected chi connectivity index (χ1v) is 7.61. The van der Waals surface area contributed by atoms with Crippen molar-refractivity contribution in [1.82, 2.24) is 5.32 Å². The normalized spacial score (nSPS) is 19.9. The van der Waals surface area contributed by atoms with Crippen molar-refractivity contribution in [3.63, 3.8) is 0 Å². The third-order valence-electron chi connectivity index (χ3n) is 3.87. The fourth-order valence-electron chi connectivity index (χ4n) is 2.73. The van der Waals surface area contributed by atoms with Gasteiger partial charge in [0.2, 0.25) is 0 Å². The molecular formula is C15H20ClF3N2. The molecule has 1 unspecified atom stereocenters. The molecule has 2 rings (SSSR count). The second-order valence-corrected chi connectivity index (χ2v) is 5.75. The molecule has 1 fully saturated rings. The number of hydrogen-bond acceptors (Lipinski definition) is 2. The molecule has 0 aliphatic carbocycles. The Balaban J connectivity index is 2.22. The number of anilines is 1. The van der Waals surface area contributed by atoms with E-state index in [1.165, 1.54) is 0 Å². The predicted octanol–water partition coefficient (Wildman–Crippen LogP) is 4.23. The van der Waals surface area contributed by atoms with Crippen LogP contribution in [-0.2, 0) is 6.54 Å². The Bertz CT molecular complexity index is 476. The lowest BCUT2D eigenvalue weighted by molar-refractivity contribution is -0.176. The van der Waals surface area contributed by atoms with Crippen LogP contribution in [0.2, 0.25) is 5.02 Å². The zero-order chi connectivity index (χ0) is 15.5. The van der Waals surface area contributed by atoms with Crippen LogP contribution in [0.3, 0.4) is 0 Å². The average molecular weight is 321 g/mol. The molecule has 0 aromatic heterocycles. The van der Waals surface area contributed by atoms with Gasteiger partial charge in [0.1, 0.15) is 0 Å². The molecule has 2 nitrogen and oxygen atoms in total. The topological polar surface area (TPSA) is 15.3 Å². The third-order valence-corrected chi connectivity index (χ3v) is 4.23. The van der Waals surface area contributed by atoms with Crippen LogP contribution in [0.1, 0.15) is 25.3 Å². The van der Waals surface area contributed by atoms with Crippen molar-refractivity contribution >= 4 is 17.3 Å². The van der Waals surface area contributed by atoms with Crippen molar-refractivity contribution in [1.29, 1.82) is 0 Å². The van der Waals surface area contributed by atoms with Crippen molar-refractivity contribution in [2.45, 2.75) is 32.5 Å². The molecule has 1 aliphatic rings. The van der Waals surface area contributed by atoms with Crippen molar-refractivity contribution < 1.29 is 13.2 Å². The van der Waals surface area contributed by atoms with Gasteiger partial charge in [-0.25, -0.2) is 0 Å². The molecule has 1 aromatic rings. The maximum atomic E-state index is 12.9. The highest BCUT2D eigenvalue weighted by atomic mass is 35.5. The van der Waals surface area contributed by atoms with E-state index in [0.717, 1.165) is 17.8 Å². The molecule has 0 radical (unpaired) electrons. The van der Waals surface area contributed by atoms with Gasteiger partial charge in [-0.15, -0.1) is 0 Å². The lowest BCUT2D eigenvalue weighted by Crippen LogP contribution is -2.42. The van der Waals surface area contributed by atoms with Gasteiger partial charge < -0.3 is 10.2 Å². The molecule has 118 valence electrons. The highest BCUT2D eigenvalue weighted by molar-refractivity contribution is 6.31. The number of alkyl halides is 3. The molecular weight excluding hydrogens is 301 g/mol. The quantitative estimate of drug-likeness (QED) is 0.893. The maximum absolute atomic E-state index is 12.9. The highest BCUT2D eigenvalue weighted by Crippen LogP contribution is 2.36. The zero-order valence-electron chi connectivity index (χ0n) is 12.0. The Morgan fingerprint density at radius 2 is 2.14 bits per heavy atom. The average Bonchev–Trinajstić information content (AvgIpc) is 2.45. The first-order chi connectivity index (χ1) is 9.93. The number of hydrogen-bond donors (Lipinski definition) is 1. The van der Waals surface area contributed by atoms with Crippen LogP contribution in [0.5, 0.6) is 0 Å². The standard InChI is InChI=1S/C15H20ClF3N2/c1-2-20-9-12-13(16)6-3-7-14(12)21-8-4-5-11(10-21)15(17,18)19/h3,6-7,11,20H,2,4-5,8-10H2,1H3. The van der Waals surface area contributed by atoms with Gasteiger partial charge in [-0.05, 0) is 31.5 Å². The molecule has 1 saturated heterocycles. The highest BCUT2D eigenvalue weighted by Gasteiger charge is 2.42. The van der Waals surface area contributed by atoms with Crippen molar-refractivity contribution in [2.75, 3.05) is 24.5 Å². The largest absolute Gasteiger partial charge is 0.393 e. The molecule has 21 heavy (non-hydrogen) atoms. The second kappa shape index (κ2) is 6.88.